The molecule has 0 aromatic carbocycles. The number of nitrogens with two attached hydrogens (primary N) is 2. The first-order valence-electron chi connectivity index (χ1n) is 29.6. The van der Waals surface area contributed by atoms with Crippen molar-refractivity contribution in [2.24, 2.45) is 34.2 Å². The van der Waals surface area contributed by atoms with Crippen LogP contribution in [0.2, 0.25) is 0 Å². The summed E-state index contributed by atoms with van der Waals surface area (Å²) in [5.74, 6) is -2.60. The molecule has 0 amide bonds. The lowest BCUT2D eigenvalue weighted by Crippen LogP contribution is -2.33. The van der Waals surface area contributed by atoms with Gasteiger partial charge in [-0.25, -0.2) is 8.98 Å². The van der Waals surface area contributed by atoms with Crippen LogP contribution in [-0.2, 0) is 28.9 Å². The monoisotopic (exact) mass is 1250 g/mol. The molecular weight excluding hydrogens is 1140 g/mol. The number of unbranched alkanes of at least 4 members (excludes halogenated alkanes) is 1. The van der Waals surface area contributed by atoms with E-state index in [0.717, 1.165) is 12.8 Å². The fourth-order valence-corrected chi connectivity index (χ4v) is 9.01. The molecule has 0 radical (unpaired) electrons. The number of guanidine groups is 1. The number of carbonyl (C=O) groups excluding carboxylic acids is 2. The standard InChI is InChI=1S/C65H103N3O18S/c1-47(29-21-17-13-12-14-18-22-30-48(2)64(81)85-5)63(80)50(4)60(78)38-23-19-15-10-8-6-7-9-11-16-20-24-39-62(86-87(82,83)84)49(3)61(79)46-59(77)45-56(74)36-27-32-52(70)41-51(69)31-25-34-54(72)43-58(76)44-55(73)35-26-33-53(71)42-57(75)37-28-40-68-65(66)67/h6-12,14-16,18-23,25-27,29-31,35-36,38,47,49-60,62-63,69-78,80H,13,17,24,28,32-34,37,39-46H2,1-5H3,(H4,66,67,68)(H,82,83,84)/b7-6+,10-8+,11-9+,14-12+,19-15+,20-16+,22-18+,29-21+,31-25+,35-26+,36-27+,38-23+,48-30+. The maximum absolute atomic E-state index is 13.1. The third-order valence-electron chi connectivity index (χ3n) is 13.5. The second-order valence-electron chi connectivity index (χ2n) is 21.6. The molecule has 0 aromatic rings. The first-order chi connectivity index (χ1) is 41.1. The molecule has 0 aliphatic heterocycles. The highest BCUT2D eigenvalue weighted by Gasteiger charge is 2.30. The molecule has 0 saturated carbocycles. The first-order valence-corrected chi connectivity index (χ1v) is 31.0. The Balaban J connectivity index is 4.75. The summed E-state index contributed by atoms with van der Waals surface area (Å²) in [6, 6.07) is 0. The van der Waals surface area contributed by atoms with Crippen molar-refractivity contribution in [3.05, 3.63) is 157 Å². The van der Waals surface area contributed by atoms with E-state index in [-0.39, 0.29) is 82.1 Å². The fraction of sp³-hybridized carbons (Fsp3) is 0.554. The summed E-state index contributed by atoms with van der Waals surface area (Å²) in [4.78, 5) is 28.3. The van der Waals surface area contributed by atoms with Crippen molar-refractivity contribution in [3.63, 3.8) is 0 Å². The van der Waals surface area contributed by atoms with Crippen LogP contribution in [0, 0.1) is 17.8 Å². The topological polar surface area (TPSA) is 394 Å². The van der Waals surface area contributed by atoms with E-state index in [9.17, 15) is 78.7 Å². The Kier molecular flexibility index (Phi) is 46.2. The quantitative estimate of drug-likeness (QED) is 0.00519. The number of ketones is 1. The summed E-state index contributed by atoms with van der Waals surface area (Å²) in [5.41, 5.74) is 11.0. The Hall–Kier alpha value is -5.54. The number of methoxy groups -OCH3 is 1. The normalized spacial score (nSPS) is 18.7. The molecule has 0 heterocycles. The smallest absolute Gasteiger partial charge is 0.397 e. The van der Waals surface area contributed by atoms with Crippen molar-refractivity contribution in [3.8, 4) is 0 Å². The van der Waals surface area contributed by atoms with Crippen molar-refractivity contribution in [1.82, 2.24) is 0 Å². The Bertz CT molecular complexity index is 2440. The number of ether oxygens (including phenoxy) is 1. The second kappa shape index (κ2) is 49.4. The van der Waals surface area contributed by atoms with E-state index < -0.39 is 108 Å². The third kappa shape index (κ3) is 46.3. The van der Waals surface area contributed by atoms with Gasteiger partial charge in [0.25, 0.3) is 0 Å². The molecule has 0 aromatic heterocycles. The van der Waals surface area contributed by atoms with Crippen LogP contribution >= 0.6 is 0 Å². The van der Waals surface area contributed by atoms with Crippen molar-refractivity contribution in [2.75, 3.05) is 13.7 Å². The second-order valence-corrected chi connectivity index (χ2v) is 22.6. The number of hydrogen-bond acceptors (Lipinski definition) is 18. The molecule has 22 heteroatoms. The molecule has 15 atom stereocenters. The van der Waals surface area contributed by atoms with Crippen molar-refractivity contribution in [2.45, 2.75) is 197 Å². The zero-order valence-corrected chi connectivity index (χ0v) is 52.1. The van der Waals surface area contributed by atoms with Gasteiger partial charge in [0, 0.05) is 55.6 Å². The number of rotatable bonds is 48. The molecule has 0 bridgehead atoms. The van der Waals surface area contributed by atoms with E-state index in [1.807, 2.05) is 37.3 Å². The van der Waals surface area contributed by atoms with Gasteiger partial charge in [-0.15, -0.1) is 0 Å². The van der Waals surface area contributed by atoms with Gasteiger partial charge >= 0.3 is 16.4 Å². The molecule has 21 nitrogen and oxygen atoms in total. The highest BCUT2D eigenvalue weighted by atomic mass is 32.3. The predicted molar refractivity (Wildman–Crippen MR) is 340 cm³/mol. The maximum atomic E-state index is 13.1. The average Bonchev–Trinajstić information content (AvgIpc) is 3.49. The van der Waals surface area contributed by atoms with Crippen LogP contribution in [0.5, 0.6) is 0 Å². The molecule has 16 N–H and O–H groups in total. The number of carbonyl (C=O) groups is 2. The Morgan fingerprint density at radius 1 is 0.529 bits per heavy atom. The van der Waals surface area contributed by atoms with Gasteiger partial charge in [-0.05, 0) is 77.6 Å². The van der Waals surface area contributed by atoms with Gasteiger partial charge in [-0.3, -0.25) is 14.3 Å². The van der Waals surface area contributed by atoms with Crippen LogP contribution in [0.4, 0.5) is 0 Å². The van der Waals surface area contributed by atoms with E-state index in [0.29, 0.717) is 25.0 Å². The Morgan fingerprint density at radius 3 is 1.52 bits per heavy atom. The number of aliphatic hydroxyl groups excluding tert-OH is 11. The summed E-state index contributed by atoms with van der Waals surface area (Å²) in [7, 11) is -3.59. The van der Waals surface area contributed by atoms with Crippen LogP contribution in [0.3, 0.4) is 0 Å². The average molecular weight is 1250 g/mol. The van der Waals surface area contributed by atoms with Gasteiger partial charge in [0.05, 0.1) is 80.4 Å². The zero-order chi connectivity index (χ0) is 65.6. The number of nitrogens with zero attached hydrogens (tertiary/aromatic N) is 1. The van der Waals surface area contributed by atoms with Gasteiger partial charge in [0.2, 0.25) is 0 Å². The number of allylic oxidation sites excluding steroid dienone is 17. The molecular formula is C65H103N3O18S. The Labute approximate surface area is 516 Å². The Morgan fingerprint density at radius 2 is 0.989 bits per heavy atom. The molecule has 0 aliphatic rings. The van der Waals surface area contributed by atoms with Gasteiger partial charge in [0.1, 0.15) is 5.78 Å². The summed E-state index contributed by atoms with van der Waals surface area (Å²) >= 11 is 0. The predicted octanol–water partition coefficient (Wildman–Crippen LogP) is 5.54. The van der Waals surface area contributed by atoms with Crippen molar-refractivity contribution < 1.29 is 87.7 Å². The van der Waals surface area contributed by atoms with Crippen LogP contribution in [-0.4, -0.2) is 174 Å². The van der Waals surface area contributed by atoms with Crippen LogP contribution in [0.15, 0.2) is 162 Å². The molecule has 0 aliphatic carbocycles. The largest absolute Gasteiger partial charge is 0.466 e. The number of hydrogen-bond donors (Lipinski definition) is 14. The van der Waals surface area contributed by atoms with E-state index in [1.165, 1.54) is 44.4 Å². The number of aliphatic imine (C=N–C) groups is 1. The molecule has 15 unspecified atom stereocenters. The van der Waals surface area contributed by atoms with Gasteiger partial charge in [0.15, 0.2) is 5.96 Å². The first kappa shape index (κ1) is 81.5. The minimum Gasteiger partial charge on any atom is -0.466 e. The lowest BCUT2D eigenvalue weighted by Gasteiger charge is -2.25. The van der Waals surface area contributed by atoms with Gasteiger partial charge < -0.3 is 72.4 Å². The molecule has 0 rings (SSSR count). The maximum Gasteiger partial charge on any atom is 0.397 e. The lowest BCUT2D eigenvalue weighted by atomic mass is 9.88. The molecule has 87 heavy (non-hydrogen) atoms. The molecule has 0 spiro atoms. The van der Waals surface area contributed by atoms with Crippen molar-refractivity contribution in [1.29, 1.82) is 0 Å². The van der Waals surface area contributed by atoms with E-state index in [4.69, 9.17) is 15.7 Å². The third-order valence-corrected chi connectivity index (χ3v) is 14.0. The van der Waals surface area contributed by atoms with E-state index in [1.54, 1.807) is 105 Å². The van der Waals surface area contributed by atoms with Gasteiger partial charge in [-0.2, -0.15) is 8.42 Å². The summed E-state index contributed by atoms with van der Waals surface area (Å²) in [6.07, 6.45) is 32.8. The van der Waals surface area contributed by atoms with Gasteiger partial charge in [-0.1, -0.05) is 173 Å². The molecule has 0 fully saturated rings. The number of Topliss-reactive ketones (excluding diaryl/α,β-unsaturated/α-hetero) is 1. The summed E-state index contributed by atoms with van der Waals surface area (Å²) < 4.78 is 42.2. The van der Waals surface area contributed by atoms with E-state index in [2.05, 4.69) is 9.73 Å². The zero-order valence-electron chi connectivity index (χ0n) is 51.2. The lowest BCUT2D eigenvalue weighted by molar-refractivity contribution is -0.136. The molecule has 0 saturated heterocycles. The number of esters is 1. The summed E-state index contributed by atoms with van der Waals surface area (Å²) in [6.45, 7) is 7.15. The molecule has 492 valence electrons. The SMILES string of the molecule is COC(=O)/C(C)=C/C=C/C=C/CC/C=C/C(C)C(O)C(C)C(O)/C=C/C=C/C=C/C=C/C=C/C=C/CCC(OS(=O)(=O)O)C(C)C(=O)CC(O)CC(O)/C=C/CC(O)CC(O)/C=C/CC(O)CC(O)CC(O)/C=C/CC(O)CC(O)CCCN=C(N)N. The fourth-order valence-electron chi connectivity index (χ4n) is 8.43. The highest BCUT2D eigenvalue weighted by Crippen LogP contribution is 2.22. The van der Waals surface area contributed by atoms with E-state index >= 15 is 0 Å². The minimum absolute atomic E-state index is 0.0254. The van der Waals surface area contributed by atoms with Crippen LogP contribution < -0.4 is 11.5 Å². The van der Waals surface area contributed by atoms with Crippen molar-refractivity contribution >= 4 is 28.1 Å². The highest BCUT2D eigenvalue weighted by molar-refractivity contribution is 7.80. The summed E-state index contributed by atoms with van der Waals surface area (Å²) in [5, 5.41) is 114. The number of aliphatic hydroxyl groups is 11. The minimum atomic E-state index is -4.93. The van der Waals surface area contributed by atoms with Crippen LogP contribution in [0.1, 0.15) is 124 Å². The van der Waals surface area contributed by atoms with Crippen LogP contribution in [0.25, 0.3) is 0 Å².